The molecule has 8 heterocycles. The lowest BCUT2D eigenvalue weighted by atomic mass is 9.92. The first-order chi connectivity index (χ1) is 47.8. The minimum atomic E-state index is -2.28. The Morgan fingerprint density at radius 2 is 0.525 bits per heavy atom. The number of aliphatic hydroxyl groups is 21. The summed E-state index contributed by atoms with van der Waals surface area (Å²) in [6.45, 7) is -2.18. The molecule has 0 radical (unpaired) electrons. The fourth-order valence-corrected chi connectivity index (χ4v) is 13.2. The van der Waals surface area contributed by atoms with Crippen LogP contribution in [-0.4, -0.2) is 429 Å². The summed E-state index contributed by atoms with van der Waals surface area (Å²) in [4.78, 5) is 50.6. The lowest BCUT2D eigenvalue weighted by molar-refractivity contribution is -0.386. The van der Waals surface area contributed by atoms with Crippen molar-refractivity contribution >= 4 is 23.6 Å². The van der Waals surface area contributed by atoms with Crippen LogP contribution in [0.2, 0.25) is 0 Å². The van der Waals surface area contributed by atoms with E-state index in [9.17, 15) is 126 Å². The SMILES string of the molecule is CC(=O)NC1[C@H](O[C@@H]2C(O)[C@H](O[C@H]3C(CO)O[C@@H](O[C@@H]4C(O)[C@H](O[C@H]5C(CO)O[C@@H](OCC6OC(C)C(NC(C)=O)[C@@H](O[C@@H]7OC(CO)[C@H](O)[C@H](O)C7O)[C@H]6O)C(NC(C)=O)[C@H]5O)OC(CO)[C@@H]4O)C(NC(C)=O)[C@H]3O)OC(CO)[C@@H]2O)OC(CO)[C@H](O[C@@H]2OC(CO)[C@H](O)[C@H](O)C2O)[C@@H]1O. The van der Waals surface area contributed by atoms with Crippen LogP contribution >= 0.6 is 0 Å². The molecule has 8 aliphatic heterocycles. The van der Waals surface area contributed by atoms with Crippen molar-refractivity contribution in [2.24, 2.45) is 0 Å². The van der Waals surface area contributed by atoms with Crippen LogP contribution in [0.1, 0.15) is 34.6 Å². The van der Waals surface area contributed by atoms with Crippen molar-refractivity contribution in [2.45, 2.75) is 280 Å². The summed E-state index contributed by atoms with van der Waals surface area (Å²) < 4.78 is 87.9. The Hall–Kier alpha value is -3.56. The standard InChI is InChI=1S/C57H96N4O40/c1-14-27(58-15(2)69)48(99-55-42(84)40(82)32(74)20(7-63)90-55)35(77)26(88-14)13-87-51-28(59-16(3)70)36(78)45(23(10-66)93-51)97-56-43(85)49(33(75)21(8-64)91-56)101-53-30(61-18(5)72)38(80)47(25(12-68)95-53)98-57-44(86)50(34(76)22(9-65)92-57)100-52-29(60-17(4)71)37(79)46(24(11-67)94-52)96-54-41(83)39(81)31(73)19(6-62)89-54/h14,19-57,62-68,73-86H,6-13H2,1-5H3,(H,58,69)(H,59,70)(H,60,71)(H,61,72)/t14?,19?,20?,21?,22?,23?,24?,25?,26?,27?,28?,29?,30?,31-,32-,33-,34-,35-,36+,37+,38+,39-,40-,41?,42?,43?,44?,45-,46-,47-,48+,49-,50-,51+,52-,53-,54-,55-,56-,57-/m0/s1. The maximum Gasteiger partial charge on any atom is 0.217 e. The second-order valence-electron chi connectivity index (χ2n) is 25.7. The Balaban J connectivity index is 0.964. The minimum absolute atomic E-state index is 0.625. The van der Waals surface area contributed by atoms with Crippen molar-refractivity contribution in [3.8, 4) is 0 Å². The van der Waals surface area contributed by atoms with E-state index in [-0.39, 0.29) is 0 Å². The molecule has 0 aromatic heterocycles. The van der Waals surface area contributed by atoms with E-state index < -0.39 is 322 Å². The zero-order valence-corrected chi connectivity index (χ0v) is 54.9. The second kappa shape index (κ2) is 36.4. The summed E-state index contributed by atoms with van der Waals surface area (Å²) in [5.41, 5.74) is 0. The minimum Gasteiger partial charge on any atom is -0.394 e. The second-order valence-corrected chi connectivity index (χ2v) is 25.7. The number of aliphatic hydroxyl groups excluding tert-OH is 21. The van der Waals surface area contributed by atoms with Gasteiger partial charge in [0.1, 0.15) is 189 Å². The van der Waals surface area contributed by atoms with Gasteiger partial charge in [-0.2, -0.15) is 0 Å². The highest BCUT2D eigenvalue weighted by atomic mass is 16.8. The monoisotopic (exact) mass is 1480 g/mol. The van der Waals surface area contributed by atoms with E-state index in [4.69, 9.17) is 71.1 Å². The van der Waals surface area contributed by atoms with Gasteiger partial charge in [-0.15, -0.1) is 0 Å². The van der Waals surface area contributed by atoms with Crippen LogP contribution in [0.5, 0.6) is 0 Å². The van der Waals surface area contributed by atoms with Crippen molar-refractivity contribution in [1.82, 2.24) is 21.3 Å². The van der Waals surface area contributed by atoms with Gasteiger partial charge in [-0.1, -0.05) is 0 Å². The maximum absolute atomic E-state index is 12.9. The molecule has 0 spiro atoms. The van der Waals surface area contributed by atoms with Crippen molar-refractivity contribution in [2.75, 3.05) is 52.9 Å². The van der Waals surface area contributed by atoms with Crippen molar-refractivity contribution in [3.63, 3.8) is 0 Å². The molecule has 584 valence electrons. The molecular formula is C57H96N4O40. The zero-order valence-electron chi connectivity index (χ0n) is 54.9. The molecule has 44 nitrogen and oxygen atoms in total. The van der Waals surface area contributed by atoms with E-state index in [1.807, 2.05) is 0 Å². The molecule has 0 aromatic carbocycles. The number of ether oxygens (including phenoxy) is 15. The Morgan fingerprint density at radius 1 is 0.267 bits per heavy atom. The molecule has 8 fully saturated rings. The number of hydrogen-bond donors (Lipinski definition) is 25. The number of carbonyl (C=O) groups excluding carboxylic acids is 4. The van der Waals surface area contributed by atoms with Crippen molar-refractivity contribution in [3.05, 3.63) is 0 Å². The first kappa shape index (κ1) is 83.1. The predicted molar refractivity (Wildman–Crippen MR) is 314 cm³/mol. The number of amides is 4. The van der Waals surface area contributed by atoms with Gasteiger partial charge in [0, 0.05) is 27.7 Å². The van der Waals surface area contributed by atoms with Gasteiger partial charge in [-0.3, -0.25) is 19.2 Å². The van der Waals surface area contributed by atoms with Gasteiger partial charge in [0.15, 0.2) is 44.0 Å². The van der Waals surface area contributed by atoms with Crippen molar-refractivity contribution in [1.29, 1.82) is 0 Å². The highest BCUT2D eigenvalue weighted by Gasteiger charge is 2.60. The number of hydrogen-bond acceptors (Lipinski definition) is 40. The van der Waals surface area contributed by atoms with Crippen LogP contribution in [0, 0.1) is 0 Å². The highest BCUT2D eigenvalue weighted by Crippen LogP contribution is 2.39. The van der Waals surface area contributed by atoms with Crippen LogP contribution < -0.4 is 21.3 Å². The average molecular weight is 1480 g/mol. The molecule has 25 N–H and O–H groups in total. The van der Waals surface area contributed by atoms with E-state index >= 15 is 0 Å². The summed E-state index contributed by atoms with van der Waals surface area (Å²) in [7, 11) is 0. The predicted octanol–water partition coefficient (Wildman–Crippen LogP) is -16.8. The molecule has 101 heavy (non-hydrogen) atoms. The van der Waals surface area contributed by atoms with E-state index in [0.29, 0.717) is 0 Å². The average Bonchev–Trinajstić information content (AvgIpc) is 0.775. The Labute approximate surface area is 573 Å². The maximum atomic E-state index is 12.9. The van der Waals surface area contributed by atoms with Crippen LogP contribution in [0.25, 0.3) is 0 Å². The fraction of sp³-hybridized carbons (Fsp3) is 0.930. The lowest BCUT2D eigenvalue weighted by Gasteiger charge is -2.51. The first-order valence-corrected chi connectivity index (χ1v) is 32.4. The summed E-state index contributed by atoms with van der Waals surface area (Å²) in [5, 5.41) is 240. The smallest absolute Gasteiger partial charge is 0.217 e. The Kier molecular flexibility index (Phi) is 29.9. The van der Waals surface area contributed by atoms with Crippen LogP contribution in [0.3, 0.4) is 0 Å². The molecule has 0 aromatic rings. The molecule has 0 aliphatic carbocycles. The normalized spacial score (nSPS) is 48.3. The Bertz CT molecular complexity index is 2640. The molecule has 0 bridgehead atoms. The van der Waals surface area contributed by atoms with Gasteiger partial charge in [0.2, 0.25) is 23.6 Å². The summed E-state index contributed by atoms with van der Waals surface area (Å²) in [5.74, 6) is -3.22. The molecule has 4 amide bonds. The molecule has 44 heteroatoms. The molecule has 8 saturated heterocycles. The molecular weight excluding hydrogens is 1380 g/mol. The molecule has 40 atom stereocenters. The molecule has 17 unspecified atom stereocenters. The number of carbonyl (C=O) groups is 4. The lowest BCUT2D eigenvalue weighted by Crippen LogP contribution is -2.71. The van der Waals surface area contributed by atoms with Gasteiger partial charge >= 0.3 is 0 Å². The van der Waals surface area contributed by atoms with Gasteiger partial charge in [0.05, 0.1) is 65.0 Å². The molecule has 8 rings (SSSR count). The largest absolute Gasteiger partial charge is 0.394 e. The third-order valence-electron chi connectivity index (χ3n) is 18.5. The topological polar surface area (TPSA) is 680 Å². The van der Waals surface area contributed by atoms with Crippen LogP contribution in [0.15, 0.2) is 0 Å². The van der Waals surface area contributed by atoms with Crippen LogP contribution in [-0.2, 0) is 90.2 Å². The summed E-state index contributed by atoms with van der Waals surface area (Å²) in [6, 6.07) is -6.56. The Morgan fingerprint density at radius 3 is 0.851 bits per heavy atom. The molecule has 0 saturated carbocycles. The fourth-order valence-electron chi connectivity index (χ4n) is 13.2. The third-order valence-corrected chi connectivity index (χ3v) is 18.5. The summed E-state index contributed by atoms with van der Waals surface area (Å²) >= 11 is 0. The van der Waals surface area contributed by atoms with Gasteiger partial charge in [-0.25, -0.2) is 0 Å². The van der Waals surface area contributed by atoms with Crippen LogP contribution in [0.4, 0.5) is 0 Å². The number of rotatable bonds is 26. The van der Waals surface area contributed by atoms with E-state index in [1.165, 1.54) is 6.92 Å². The van der Waals surface area contributed by atoms with Gasteiger partial charge < -0.3 is 200 Å². The number of nitrogens with one attached hydrogen (secondary N) is 4. The van der Waals surface area contributed by atoms with Crippen molar-refractivity contribution < 1.29 is 197 Å². The van der Waals surface area contributed by atoms with Gasteiger partial charge in [-0.05, 0) is 6.92 Å². The van der Waals surface area contributed by atoms with E-state index in [0.717, 1.165) is 27.7 Å². The summed E-state index contributed by atoms with van der Waals surface area (Å²) in [6.07, 6.45) is -67.7. The highest BCUT2D eigenvalue weighted by molar-refractivity contribution is 5.74. The molecule has 8 aliphatic rings. The van der Waals surface area contributed by atoms with E-state index in [1.54, 1.807) is 0 Å². The van der Waals surface area contributed by atoms with Gasteiger partial charge in [0.25, 0.3) is 0 Å². The third kappa shape index (κ3) is 18.5. The quantitative estimate of drug-likeness (QED) is 0.0382. The zero-order chi connectivity index (χ0) is 74.5. The van der Waals surface area contributed by atoms with E-state index in [2.05, 4.69) is 21.3 Å². The first-order valence-electron chi connectivity index (χ1n) is 32.4.